The largest absolute Gasteiger partial charge is 0.480 e. The van der Waals surface area contributed by atoms with Crippen molar-refractivity contribution in [2.24, 2.45) is 5.92 Å². The second kappa shape index (κ2) is 5.48. The molecule has 1 atom stereocenters. The molecule has 1 aromatic heterocycles. The van der Waals surface area contributed by atoms with E-state index in [1.54, 1.807) is 39.0 Å². The number of carboxylic acid groups (broad SMARTS) is 1. The predicted molar refractivity (Wildman–Crippen MR) is 67.9 cm³/mol. The quantitative estimate of drug-likeness (QED) is 0.875. The minimum atomic E-state index is -3.75. The minimum absolute atomic E-state index is 0.343. The number of carbonyl (C=O) groups is 1. The molecule has 1 unspecified atom stereocenters. The van der Waals surface area contributed by atoms with Crippen molar-refractivity contribution in [3.63, 3.8) is 0 Å². The minimum Gasteiger partial charge on any atom is -0.480 e. The first-order chi connectivity index (χ1) is 8.24. The van der Waals surface area contributed by atoms with E-state index in [0.29, 0.717) is 11.4 Å². The van der Waals surface area contributed by atoms with Crippen LogP contribution in [0.5, 0.6) is 0 Å². The molecule has 0 amide bonds. The van der Waals surface area contributed by atoms with Crippen LogP contribution in [0.3, 0.4) is 0 Å². The van der Waals surface area contributed by atoms with Crippen LogP contribution in [0.25, 0.3) is 0 Å². The number of aliphatic carboxylic acids is 1. The summed E-state index contributed by atoms with van der Waals surface area (Å²) in [5, 5.41) is 7.62. The van der Waals surface area contributed by atoms with Gasteiger partial charge < -0.3 is 5.11 Å². The highest BCUT2D eigenvalue weighted by molar-refractivity contribution is 7.92. The van der Waals surface area contributed by atoms with Crippen molar-refractivity contribution < 1.29 is 18.3 Å². The fourth-order valence-corrected chi connectivity index (χ4v) is 3.72. The predicted octanol–water partition coefficient (Wildman–Crippen LogP) is 1.41. The zero-order valence-corrected chi connectivity index (χ0v) is 11.4. The van der Waals surface area contributed by atoms with Crippen LogP contribution in [0.2, 0.25) is 0 Å². The van der Waals surface area contributed by atoms with E-state index >= 15 is 0 Å². The van der Waals surface area contributed by atoms with Crippen molar-refractivity contribution in [3.05, 3.63) is 29.6 Å². The van der Waals surface area contributed by atoms with Crippen LogP contribution in [0.1, 0.15) is 25.2 Å². The number of pyridine rings is 1. The SMILES string of the molecule is Cc1cccc(CS(=O)(=O)C(C(=O)O)C(C)C)n1. The summed E-state index contributed by atoms with van der Waals surface area (Å²) >= 11 is 0. The molecule has 0 saturated carbocycles. The molecule has 1 rings (SSSR count). The first kappa shape index (κ1) is 14.6. The van der Waals surface area contributed by atoms with Gasteiger partial charge in [-0.15, -0.1) is 0 Å². The van der Waals surface area contributed by atoms with Crippen LogP contribution in [-0.2, 0) is 20.4 Å². The highest BCUT2D eigenvalue weighted by atomic mass is 32.2. The molecule has 0 bridgehead atoms. The van der Waals surface area contributed by atoms with Crippen LogP contribution in [0.4, 0.5) is 0 Å². The molecule has 1 aromatic rings. The maximum Gasteiger partial charge on any atom is 0.322 e. The lowest BCUT2D eigenvalue weighted by Crippen LogP contribution is -2.36. The number of hydrogen-bond donors (Lipinski definition) is 1. The molecule has 0 aliphatic carbocycles. The summed E-state index contributed by atoms with van der Waals surface area (Å²) in [6, 6.07) is 5.05. The first-order valence-corrected chi connectivity index (χ1v) is 7.32. The lowest BCUT2D eigenvalue weighted by Gasteiger charge is -2.16. The molecule has 0 spiro atoms. The Balaban J connectivity index is 3.04. The van der Waals surface area contributed by atoms with Gasteiger partial charge in [0, 0.05) is 5.69 Å². The van der Waals surface area contributed by atoms with Gasteiger partial charge in [-0.2, -0.15) is 0 Å². The Morgan fingerprint density at radius 2 is 2.00 bits per heavy atom. The van der Waals surface area contributed by atoms with E-state index in [9.17, 15) is 13.2 Å². The third kappa shape index (κ3) is 3.53. The van der Waals surface area contributed by atoms with Gasteiger partial charge in [0.2, 0.25) is 0 Å². The van der Waals surface area contributed by atoms with Gasteiger partial charge in [0.25, 0.3) is 0 Å². The number of rotatable bonds is 5. The molecule has 0 aromatic carbocycles. The summed E-state index contributed by atoms with van der Waals surface area (Å²) in [5.41, 5.74) is 1.08. The summed E-state index contributed by atoms with van der Waals surface area (Å²) in [4.78, 5) is 15.1. The van der Waals surface area contributed by atoms with Crippen molar-refractivity contribution in [1.82, 2.24) is 4.98 Å². The molecule has 5 nitrogen and oxygen atoms in total. The number of sulfone groups is 1. The monoisotopic (exact) mass is 271 g/mol. The summed E-state index contributed by atoms with van der Waals surface area (Å²) in [7, 11) is -3.75. The van der Waals surface area contributed by atoms with Crippen LogP contribution in [0, 0.1) is 12.8 Å². The van der Waals surface area contributed by atoms with Gasteiger partial charge in [0.05, 0.1) is 11.4 Å². The van der Waals surface area contributed by atoms with Crippen molar-refractivity contribution in [3.8, 4) is 0 Å². The second-order valence-corrected chi connectivity index (χ2v) is 6.70. The lowest BCUT2D eigenvalue weighted by atomic mass is 10.1. The molecule has 1 heterocycles. The zero-order valence-electron chi connectivity index (χ0n) is 10.6. The third-order valence-corrected chi connectivity index (χ3v) is 4.75. The third-order valence-electron chi connectivity index (χ3n) is 2.53. The molecule has 18 heavy (non-hydrogen) atoms. The van der Waals surface area contributed by atoms with E-state index in [2.05, 4.69) is 4.98 Å². The number of nitrogens with zero attached hydrogens (tertiary/aromatic N) is 1. The van der Waals surface area contributed by atoms with Crippen molar-refractivity contribution in [2.75, 3.05) is 0 Å². The fraction of sp³-hybridized carbons (Fsp3) is 0.500. The number of hydrogen-bond acceptors (Lipinski definition) is 4. The van der Waals surface area contributed by atoms with Gasteiger partial charge in [-0.3, -0.25) is 9.78 Å². The van der Waals surface area contributed by atoms with Crippen LogP contribution < -0.4 is 0 Å². The van der Waals surface area contributed by atoms with Gasteiger partial charge in [0.1, 0.15) is 0 Å². The Bertz CT molecular complexity index is 537. The van der Waals surface area contributed by atoms with E-state index in [-0.39, 0.29) is 5.75 Å². The molecular weight excluding hydrogens is 254 g/mol. The normalized spacial score (nSPS) is 13.6. The standard InChI is InChI=1S/C12H17NO4S/c1-8(2)11(12(14)15)18(16,17)7-10-6-4-5-9(3)13-10/h4-6,8,11H,7H2,1-3H3,(H,14,15). The molecule has 0 aliphatic heterocycles. The van der Waals surface area contributed by atoms with Gasteiger partial charge in [0.15, 0.2) is 15.1 Å². The molecule has 1 N–H and O–H groups in total. The summed E-state index contributed by atoms with van der Waals surface area (Å²) in [6.45, 7) is 4.92. The summed E-state index contributed by atoms with van der Waals surface area (Å²) in [5.74, 6) is -2.13. The molecule has 100 valence electrons. The molecule has 6 heteroatoms. The van der Waals surface area contributed by atoms with Gasteiger partial charge in [-0.05, 0) is 25.0 Å². The number of carboxylic acids is 1. The number of aromatic nitrogens is 1. The van der Waals surface area contributed by atoms with E-state index in [4.69, 9.17) is 5.11 Å². The van der Waals surface area contributed by atoms with Crippen molar-refractivity contribution in [2.45, 2.75) is 31.8 Å². The first-order valence-electron chi connectivity index (χ1n) is 5.61. The maximum atomic E-state index is 12.1. The van der Waals surface area contributed by atoms with Crippen molar-refractivity contribution >= 4 is 15.8 Å². The molecule has 0 radical (unpaired) electrons. The average Bonchev–Trinajstić information content (AvgIpc) is 2.13. The Morgan fingerprint density at radius 3 is 2.44 bits per heavy atom. The van der Waals surface area contributed by atoms with E-state index in [0.717, 1.165) is 0 Å². The van der Waals surface area contributed by atoms with Gasteiger partial charge in [-0.1, -0.05) is 19.9 Å². The van der Waals surface area contributed by atoms with Crippen LogP contribution in [-0.4, -0.2) is 29.7 Å². The maximum absolute atomic E-state index is 12.1. The Hall–Kier alpha value is -1.43. The van der Waals surface area contributed by atoms with Crippen LogP contribution in [0.15, 0.2) is 18.2 Å². The molecular formula is C12H17NO4S. The molecule has 0 fully saturated rings. The number of aryl methyl sites for hydroxylation is 1. The summed E-state index contributed by atoms with van der Waals surface area (Å²) < 4.78 is 24.1. The van der Waals surface area contributed by atoms with E-state index in [1.807, 2.05) is 0 Å². The second-order valence-electron chi connectivity index (χ2n) is 4.58. The topological polar surface area (TPSA) is 84.3 Å². The van der Waals surface area contributed by atoms with Gasteiger partial charge in [-0.25, -0.2) is 8.42 Å². The van der Waals surface area contributed by atoms with E-state index in [1.165, 1.54) is 0 Å². The van der Waals surface area contributed by atoms with Crippen LogP contribution >= 0.6 is 0 Å². The molecule has 0 saturated heterocycles. The average molecular weight is 271 g/mol. The van der Waals surface area contributed by atoms with E-state index < -0.39 is 27.0 Å². The summed E-state index contributed by atoms with van der Waals surface area (Å²) in [6.07, 6.45) is 0. The molecule has 0 aliphatic rings. The Labute approximate surface area is 107 Å². The fourth-order valence-electron chi connectivity index (χ4n) is 1.83. The highest BCUT2D eigenvalue weighted by Crippen LogP contribution is 2.17. The lowest BCUT2D eigenvalue weighted by molar-refractivity contribution is -0.137. The van der Waals surface area contributed by atoms with Gasteiger partial charge >= 0.3 is 5.97 Å². The zero-order chi connectivity index (χ0) is 13.9. The highest BCUT2D eigenvalue weighted by Gasteiger charge is 2.35. The Kier molecular flexibility index (Phi) is 4.45. The smallest absolute Gasteiger partial charge is 0.322 e. The van der Waals surface area contributed by atoms with Crippen molar-refractivity contribution in [1.29, 1.82) is 0 Å². The Morgan fingerprint density at radius 1 is 1.39 bits per heavy atom.